The molecule has 1 fully saturated rings. The molecule has 1 heteroatoms. The standard InChI is InChI=1S/C10H16O/c1-11-9-5-3-2-4-6-10-7-8-10/h10H,2-3,5,7-9H2,1H3. The average molecular weight is 152 g/mol. The molecule has 0 aromatic carbocycles. The fourth-order valence-corrected chi connectivity index (χ4v) is 0.904. The van der Waals surface area contributed by atoms with Crippen molar-refractivity contribution in [3.63, 3.8) is 0 Å². The largest absolute Gasteiger partial charge is 0.385 e. The Balaban J connectivity index is 1.84. The van der Waals surface area contributed by atoms with Gasteiger partial charge in [0.15, 0.2) is 0 Å². The average Bonchev–Trinajstić information content (AvgIpc) is 2.80. The molecule has 0 aromatic heterocycles. The highest BCUT2D eigenvalue weighted by Crippen LogP contribution is 2.27. The molecule has 0 aromatic rings. The van der Waals surface area contributed by atoms with Gasteiger partial charge in [-0.1, -0.05) is 5.92 Å². The second kappa shape index (κ2) is 5.21. The van der Waals surface area contributed by atoms with Gasteiger partial charge in [-0.15, -0.1) is 5.92 Å². The van der Waals surface area contributed by atoms with Gasteiger partial charge in [0, 0.05) is 26.1 Å². The first-order chi connectivity index (χ1) is 5.43. The molecule has 1 rings (SSSR count). The SMILES string of the molecule is COCCCCC#CC1CC1. The summed E-state index contributed by atoms with van der Waals surface area (Å²) in [6, 6.07) is 0. The molecule has 0 heterocycles. The van der Waals surface area contributed by atoms with Crippen LogP contribution in [0.1, 0.15) is 32.1 Å². The van der Waals surface area contributed by atoms with Crippen molar-refractivity contribution >= 4 is 0 Å². The molecule has 1 aliphatic carbocycles. The Hall–Kier alpha value is -0.480. The molecule has 11 heavy (non-hydrogen) atoms. The van der Waals surface area contributed by atoms with Crippen molar-refractivity contribution in [3.8, 4) is 11.8 Å². The molecular weight excluding hydrogens is 136 g/mol. The molecule has 0 saturated heterocycles. The maximum Gasteiger partial charge on any atom is 0.0462 e. The van der Waals surface area contributed by atoms with Crippen LogP contribution in [0.2, 0.25) is 0 Å². The smallest absolute Gasteiger partial charge is 0.0462 e. The van der Waals surface area contributed by atoms with E-state index in [0.29, 0.717) is 0 Å². The molecule has 0 bridgehead atoms. The predicted octanol–water partition coefficient (Wildman–Crippen LogP) is 2.22. The normalized spacial score (nSPS) is 15.7. The molecule has 0 radical (unpaired) electrons. The van der Waals surface area contributed by atoms with Crippen molar-refractivity contribution in [1.82, 2.24) is 0 Å². The Kier molecular flexibility index (Phi) is 4.08. The van der Waals surface area contributed by atoms with Crippen molar-refractivity contribution in [2.75, 3.05) is 13.7 Å². The van der Waals surface area contributed by atoms with Gasteiger partial charge < -0.3 is 4.74 Å². The lowest BCUT2D eigenvalue weighted by atomic mass is 10.2. The lowest BCUT2D eigenvalue weighted by Crippen LogP contribution is -1.86. The third-order valence-electron chi connectivity index (χ3n) is 1.78. The van der Waals surface area contributed by atoms with Gasteiger partial charge in [0.05, 0.1) is 0 Å². The Labute approximate surface area is 69.1 Å². The number of rotatable bonds is 4. The van der Waals surface area contributed by atoms with Crippen LogP contribution in [0.15, 0.2) is 0 Å². The summed E-state index contributed by atoms with van der Waals surface area (Å²) in [7, 11) is 1.75. The Morgan fingerprint density at radius 1 is 1.36 bits per heavy atom. The zero-order chi connectivity index (χ0) is 7.94. The minimum absolute atomic E-state index is 0.762. The number of methoxy groups -OCH3 is 1. The molecule has 62 valence electrons. The van der Waals surface area contributed by atoms with Crippen LogP contribution in [0.5, 0.6) is 0 Å². The van der Waals surface area contributed by atoms with Gasteiger partial charge in [-0.05, 0) is 25.7 Å². The van der Waals surface area contributed by atoms with Crippen LogP contribution in [0.3, 0.4) is 0 Å². The quantitative estimate of drug-likeness (QED) is 0.443. The van der Waals surface area contributed by atoms with Gasteiger partial charge in [-0.2, -0.15) is 0 Å². The zero-order valence-electron chi connectivity index (χ0n) is 7.23. The van der Waals surface area contributed by atoms with E-state index < -0.39 is 0 Å². The molecule has 0 amide bonds. The number of hydrogen-bond donors (Lipinski definition) is 0. The van der Waals surface area contributed by atoms with E-state index in [1.165, 1.54) is 19.3 Å². The Morgan fingerprint density at radius 3 is 2.82 bits per heavy atom. The third-order valence-corrected chi connectivity index (χ3v) is 1.78. The second-order valence-corrected chi connectivity index (χ2v) is 3.05. The van der Waals surface area contributed by atoms with Gasteiger partial charge in [0.25, 0.3) is 0 Å². The van der Waals surface area contributed by atoms with E-state index in [2.05, 4.69) is 11.8 Å². The van der Waals surface area contributed by atoms with Crippen LogP contribution in [0, 0.1) is 17.8 Å². The van der Waals surface area contributed by atoms with Gasteiger partial charge in [0.2, 0.25) is 0 Å². The van der Waals surface area contributed by atoms with Gasteiger partial charge >= 0.3 is 0 Å². The third kappa shape index (κ3) is 4.86. The molecular formula is C10H16O. The molecule has 1 aliphatic rings. The van der Waals surface area contributed by atoms with Gasteiger partial charge in [-0.3, -0.25) is 0 Å². The highest BCUT2D eigenvalue weighted by atomic mass is 16.5. The first kappa shape index (κ1) is 8.62. The zero-order valence-corrected chi connectivity index (χ0v) is 7.23. The fourth-order valence-electron chi connectivity index (χ4n) is 0.904. The van der Waals surface area contributed by atoms with E-state index in [1.807, 2.05) is 0 Å². The summed E-state index contributed by atoms with van der Waals surface area (Å²) in [5.41, 5.74) is 0. The van der Waals surface area contributed by atoms with Gasteiger partial charge in [-0.25, -0.2) is 0 Å². The maximum atomic E-state index is 4.93. The van der Waals surface area contributed by atoms with E-state index in [1.54, 1.807) is 7.11 Å². The summed E-state index contributed by atoms with van der Waals surface area (Å²) in [5.74, 6) is 7.20. The summed E-state index contributed by atoms with van der Waals surface area (Å²) >= 11 is 0. The number of ether oxygens (including phenoxy) is 1. The fraction of sp³-hybridized carbons (Fsp3) is 0.800. The van der Waals surface area contributed by atoms with Crippen molar-refractivity contribution in [3.05, 3.63) is 0 Å². The summed E-state index contributed by atoms with van der Waals surface area (Å²) in [6.07, 6.45) is 6.07. The molecule has 0 atom stereocenters. The van der Waals surface area contributed by atoms with Crippen molar-refractivity contribution in [2.45, 2.75) is 32.1 Å². The van der Waals surface area contributed by atoms with Gasteiger partial charge in [0.1, 0.15) is 0 Å². The van der Waals surface area contributed by atoms with Crippen molar-refractivity contribution in [1.29, 1.82) is 0 Å². The molecule has 0 spiro atoms. The Morgan fingerprint density at radius 2 is 2.18 bits per heavy atom. The van der Waals surface area contributed by atoms with Crippen molar-refractivity contribution < 1.29 is 4.74 Å². The van der Waals surface area contributed by atoms with Crippen LogP contribution in [0.25, 0.3) is 0 Å². The highest BCUT2D eigenvalue weighted by Gasteiger charge is 2.17. The number of unbranched alkanes of at least 4 members (excludes halogenated alkanes) is 2. The van der Waals surface area contributed by atoms with E-state index in [-0.39, 0.29) is 0 Å². The molecule has 0 aliphatic heterocycles. The lowest BCUT2D eigenvalue weighted by Gasteiger charge is -1.93. The van der Waals surface area contributed by atoms with Crippen molar-refractivity contribution in [2.24, 2.45) is 5.92 Å². The van der Waals surface area contributed by atoms with E-state index in [4.69, 9.17) is 4.74 Å². The Bertz CT molecular complexity index is 148. The molecule has 0 N–H and O–H groups in total. The van der Waals surface area contributed by atoms with Crippen LogP contribution in [0.4, 0.5) is 0 Å². The lowest BCUT2D eigenvalue weighted by molar-refractivity contribution is 0.193. The predicted molar refractivity (Wildman–Crippen MR) is 46.2 cm³/mol. The maximum absolute atomic E-state index is 4.93. The molecule has 0 unspecified atom stereocenters. The monoisotopic (exact) mass is 152 g/mol. The first-order valence-electron chi connectivity index (χ1n) is 4.41. The topological polar surface area (TPSA) is 9.23 Å². The molecule has 1 saturated carbocycles. The van der Waals surface area contributed by atoms with Crippen LogP contribution < -0.4 is 0 Å². The summed E-state index contributed by atoms with van der Waals surface area (Å²) in [5, 5.41) is 0. The van der Waals surface area contributed by atoms with E-state index >= 15 is 0 Å². The van der Waals surface area contributed by atoms with Crippen LogP contribution in [-0.4, -0.2) is 13.7 Å². The second-order valence-electron chi connectivity index (χ2n) is 3.05. The van der Waals surface area contributed by atoms with Crippen LogP contribution in [-0.2, 0) is 4.74 Å². The summed E-state index contributed by atoms with van der Waals surface area (Å²) in [4.78, 5) is 0. The first-order valence-corrected chi connectivity index (χ1v) is 4.41. The van der Waals surface area contributed by atoms with E-state index in [0.717, 1.165) is 25.4 Å². The highest BCUT2D eigenvalue weighted by molar-refractivity contribution is 5.08. The van der Waals surface area contributed by atoms with E-state index in [9.17, 15) is 0 Å². The molecule has 1 nitrogen and oxygen atoms in total. The number of hydrogen-bond acceptors (Lipinski definition) is 1. The minimum Gasteiger partial charge on any atom is -0.385 e. The van der Waals surface area contributed by atoms with Crippen LogP contribution >= 0.6 is 0 Å². The summed E-state index contributed by atoms with van der Waals surface area (Å²) < 4.78 is 4.93. The summed E-state index contributed by atoms with van der Waals surface area (Å²) in [6.45, 7) is 0.880. The minimum atomic E-state index is 0.762.